The fourth-order valence-corrected chi connectivity index (χ4v) is 3.93. The summed E-state index contributed by atoms with van der Waals surface area (Å²) in [5.41, 5.74) is 1.93. The number of nitrogens with zero attached hydrogens (tertiary/aromatic N) is 4. The second-order valence-corrected chi connectivity index (χ2v) is 7.65. The fourth-order valence-electron chi connectivity index (χ4n) is 3.06. The number of rotatable bonds is 7. The van der Waals surface area contributed by atoms with Crippen molar-refractivity contribution in [3.05, 3.63) is 23.2 Å². The molecule has 0 bridgehead atoms. The summed E-state index contributed by atoms with van der Waals surface area (Å²) in [6.45, 7) is 7.77. The normalized spacial score (nSPS) is 15.6. The molecule has 1 saturated heterocycles. The maximum atomic E-state index is 5.75. The van der Waals surface area contributed by atoms with Gasteiger partial charge in [-0.2, -0.15) is 0 Å². The minimum Gasteiger partial charge on any atom is -0.403 e. The molecule has 2 aromatic heterocycles. The maximum Gasteiger partial charge on any atom is 0.315 e. The van der Waals surface area contributed by atoms with E-state index >= 15 is 0 Å². The van der Waals surface area contributed by atoms with E-state index in [4.69, 9.17) is 9.15 Å². The Morgan fingerprint density at radius 3 is 2.96 bits per heavy atom. The van der Waals surface area contributed by atoms with Crippen LogP contribution >= 0.6 is 11.3 Å². The summed E-state index contributed by atoms with van der Waals surface area (Å²) in [5, 5.41) is 12.5. The molecule has 1 aliphatic heterocycles. The quantitative estimate of drug-likeness (QED) is 0.637. The van der Waals surface area contributed by atoms with Gasteiger partial charge < -0.3 is 14.5 Å². The number of thiazole rings is 1. The maximum absolute atomic E-state index is 5.75. The Morgan fingerprint density at radius 1 is 1.19 bits per heavy atom. The summed E-state index contributed by atoms with van der Waals surface area (Å²) < 4.78 is 12.2. The molecule has 3 heterocycles. The van der Waals surface area contributed by atoms with Crippen molar-refractivity contribution in [1.29, 1.82) is 0 Å². The van der Waals surface area contributed by atoms with Crippen LogP contribution in [0.4, 0.5) is 6.01 Å². The minimum atomic E-state index is 0.479. The molecule has 0 atom stereocenters. The first-order valence-corrected chi connectivity index (χ1v) is 9.85. The topological polar surface area (TPSA) is 76.3 Å². The zero-order valence-corrected chi connectivity index (χ0v) is 15.7. The zero-order chi connectivity index (χ0) is 17.8. The third-order valence-corrected chi connectivity index (χ3v) is 5.38. The Balaban J connectivity index is 1.27. The van der Waals surface area contributed by atoms with Crippen LogP contribution in [0.3, 0.4) is 0 Å². The van der Waals surface area contributed by atoms with Crippen molar-refractivity contribution in [1.82, 2.24) is 20.1 Å². The van der Waals surface area contributed by atoms with Crippen LogP contribution in [0.2, 0.25) is 0 Å². The number of ether oxygens (including phenoxy) is 1. The van der Waals surface area contributed by atoms with Gasteiger partial charge in [0.25, 0.3) is 0 Å². The lowest BCUT2D eigenvalue weighted by Gasteiger charge is -2.26. The molecule has 8 heteroatoms. The van der Waals surface area contributed by atoms with Crippen molar-refractivity contribution in [3.8, 4) is 11.5 Å². The van der Waals surface area contributed by atoms with Gasteiger partial charge >= 0.3 is 6.01 Å². The Bertz CT molecular complexity index is 856. The molecule has 26 heavy (non-hydrogen) atoms. The van der Waals surface area contributed by atoms with Crippen LogP contribution in [-0.2, 0) is 4.74 Å². The molecule has 1 aromatic carbocycles. The van der Waals surface area contributed by atoms with Crippen LogP contribution in [0.5, 0.6) is 0 Å². The SMILES string of the molecule is Cc1nc2ccc(-c3nnc(NCCCCN4CCOCC4)o3)cc2s1. The van der Waals surface area contributed by atoms with E-state index in [2.05, 4.69) is 31.5 Å². The first-order chi connectivity index (χ1) is 12.8. The highest BCUT2D eigenvalue weighted by Crippen LogP contribution is 2.27. The van der Waals surface area contributed by atoms with Crippen molar-refractivity contribution < 1.29 is 9.15 Å². The second kappa shape index (κ2) is 8.11. The summed E-state index contributed by atoms with van der Waals surface area (Å²) in [5.74, 6) is 0.536. The molecule has 0 aliphatic carbocycles. The molecule has 0 unspecified atom stereocenters. The number of hydrogen-bond donors (Lipinski definition) is 1. The summed E-state index contributed by atoms with van der Waals surface area (Å²) >= 11 is 1.67. The molecule has 0 saturated carbocycles. The summed E-state index contributed by atoms with van der Waals surface area (Å²) in [7, 11) is 0. The van der Waals surface area contributed by atoms with Crippen molar-refractivity contribution in [2.24, 2.45) is 0 Å². The van der Waals surface area contributed by atoms with Crippen molar-refractivity contribution in [2.45, 2.75) is 19.8 Å². The van der Waals surface area contributed by atoms with Crippen molar-refractivity contribution in [3.63, 3.8) is 0 Å². The van der Waals surface area contributed by atoms with Gasteiger partial charge in [-0.15, -0.1) is 16.4 Å². The zero-order valence-electron chi connectivity index (χ0n) is 14.9. The smallest absolute Gasteiger partial charge is 0.315 e. The molecule has 138 valence electrons. The minimum absolute atomic E-state index is 0.479. The number of anilines is 1. The molecule has 1 N–H and O–H groups in total. The number of benzene rings is 1. The van der Waals surface area contributed by atoms with E-state index in [1.165, 1.54) is 0 Å². The first-order valence-electron chi connectivity index (χ1n) is 9.03. The van der Waals surface area contributed by atoms with Gasteiger partial charge in [0.2, 0.25) is 5.89 Å². The summed E-state index contributed by atoms with van der Waals surface area (Å²) in [4.78, 5) is 6.92. The number of fused-ring (bicyclic) bond motifs is 1. The predicted molar refractivity (Wildman–Crippen MR) is 103 cm³/mol. The van der Waals surface area contributed by atoms with E-state index in [1.807, 2.05) is 19.1 Å². The lowest BCUT2D eigenvalue weighted by atomic mass is 10.2. The van der Waals surface area contributed by atoms with E-state index in [9.17, 15) is 0 Å². The van der Waals surface area contributed by atoms with Gasteiger partial charge in [0.15, 0.2) is 0 Å². The van der Waals surface area contributed by atoms with Crippen molar-refractivity contribution in [2.75, 3.05) is 44.7 Å². The van der Waals surface area contributed by atoms with E-state index in [1.54, 1.807) is 11.3 Å². The molecule has 0 amide bonds. The largest absolute Gasteiger partial charge is 0.403 e. The third kappa shape index (κ3) is 4.20. The molecule has 0 radical (unpaired) electrons. The van der Waals surface area contributed by atoms with Crippen LogP contribution in [-0.4, -0.2) is 59.5 Å². The van der Waals surface area contributed by atoms with E-state index in [0.717, 1.165) is 73.0 Å². The predicted octanol–water partition coefficient (Wildman–Crippen LogP) is 3.18. The lowest BCUT2D eigenvalue weighted by molar-refractivity contribution is 0.0373. The monoisotopic (exact) mass is 373 g/mol. The van der Waals surface area contributed by atoms with Gasteiger partial charge in [-0.3, -0.25) is 4.90 Å². The highest BCUT2D eigenvalue weighted by Gasteiger charge is 2.11. The fraction of sp³-hybridized carbons (Fsp3) is 0.500. The van der Waals surface area contributed by atoms with E-state index in [-0.39, 0.29) is 0 Å². The Kier molecular flexibility index (Phi) is 5.42. The van der Waals surface area contributed by atoms with Crippen LogP contribution in [0, 0.1) is 6.92 Å². The molecular formula is C18H23N5O2S. The highest BCUT2D eigenvalue weighted by molar-refractivity contribution is 7.18. The third-order valence-electron chi connectivity index (χ3n) is 4.45. The molecule has 0 spiro atoms. The number of nitrogens with one attached hydrogen (secondary N) is 1. The average molecular weight is 373 g/mol. The number of morpholine rings is 1. The Labute approximate surface area is 156 Å². The molecule has 3 aromatic rings. The first kappa shape index (κ1) is 17.4. The Morgan fingerprint density at radius 2 is 2.08 bits per heavy atom. The number of unbranched alkanes of at least 4 members (excludes halogenated alkanes) is 1. The van der Waals surface area contributed by atoms with Crippen LogP contribution in [0.25, 0.3) is 21.7 Å². The molecule has 1 fully saturated rings. The Hall–Kier alpha value is -2.03. The van der Waals surface area contributed by atoms with Gasteiger partial charge in [0.05, 0.1) is 28.4 Å². The molecule has 7 nitrogen and oxygen atoms in total. The number of aryl methyl sites for hydroxylation is 1. The molecule has 4 rings (SSSR count). The lowest BCUT2D eigenvalue weighted by Crippen LogP contribution is -2.36. The van der Waals surface area contributed by atoms with Crippen LogP contribution in [0.15, 0.2) is 22.6 Å². The molecular weight excluding hydrogens is 350 g/mol. The van der Waals surface area contributed by atoms with Crippen LogP contribution < -0.4 is 5.32 Å². The molecule has 1 aliphatic rings. The number of hydrogen-bond acceptors (Lipinski definition) is 8. The summed E-state index contributed by atoms with van der Waals surface area (Å²) in [6.07, 6.45) is 2.22. The van der Waals surface area contributed by atoms with Gasteiger partial charge in [0, 0.05) is 25.2 Å². The standard InChI is InChI=1S/C18H23N5O2S/c1-13-20-15-5-4-14(12-16(15)26-13)17-21-22-18(25-17)19-6-2-3-7-23-8-10-24-11-9-23/h4-5,12H,2-3,6-11H2,1H3,(H,19,22). The van der Waals surface area contributed by atoms with Gasteiger partial charge in [-0.25, -0.2) is 4.98 Å². The highest BCUT2D eigenvalue weighted by atomic mass is 32.1. The average Bonchev–Trinajstić information content (AvgIpc) is 3.27. The van der Waals surface area contributed by atoms with E-state index < -0.39 is 0 Å². The van der Waals surface area contributed by atoms with Gasteiger partial charge in [0.1, 0.15) is 0 Å². The van der Waals surface area contributed by atoms with E-state index in [0.29, 0.717) is 11.9 Å². The number of aromatic nitrogens is 3. The van der Waals surface area contributed by atoms with Gasteiger partial charge in [-0.05, 0) is 44.5 Å². The van der Waals surface area contributed by atoms with Gasteiger partial charge in [-0.1, -0.05) is 5.10 Å². The summed E-state index contributed by atoms with van der Waals surface area (Å²) in [6, 6.07) is 6.50. The second-order valence-electron chi connectivity index (χ2n) is 6.42. The van der Waals surface area contributed by atoms with Crippen LogP contribution in [0.1, 0.15) is 17.8 Å². The van der Waals surface area contributed by atoms with Crippen molar-refractivity contribution >= 4 is 27.6 Å².